The van der Waals surface area contributed by atoms with Crippen LogP contribution in [0.2, 0.25) is 0 Å². The second-order valence-corrected chi connectivity index (χ2v) is 8.52. The monoisotopic (exact) mass is 401 g/mol. The van der Waals surface area contributed by atoms with E-state index in [0.717, 1.165) is 10.5 Å². The molecule has 0 aliphatic carbocycles. The van der Waals surface area contributed by atoms with Crippen molar-refractivity contribution in [2.24, 2.45) is 5.73 Å². The minimum Gasteiger partial charge on any atom is -0.374 e. The maximum absolute atomic E-state index is 12.4. The van der Waals surface area contributed by atoms with Crippen LogP contribution in [0.4, 0.5) is 5.69 Å². The van der Waals surface area contributed by atoms with Crippen molar-refractivity contribution in [1.29, 1.82) is 0 Å². The number of hydrogen-bond acceptors (Lipinski definition) is 5. The third-order valence-electron chi connectivity index (χ3n) is 4.60. The molecule has 0 atom stereocenters. The molecule has 0 unspecified atom stereocenters. The molecule has 0 saturated heterocycles. The van der Waals surface area contributed by atoms with Gasteiger partial charge in [-0.1, -0.05) is 12.1 Å². The van der Waals surface area contributed by atoms with Gasteiger partial charge in [-0.05, 0) is 58.2 Å². The van der Waals surface area contributed by atoms with Gasteiger partial charge in [-0.15, -0.1) is 0 Å². The van der Waals surface area contributed by atoms with E-state index in [1.165, 1.54) is 12.2 Å². The van der Waals surface area contributed by atoms with Gasteiger partial charge in [0.1, 0.15) is 0 Å². The number of benzene rings is 1. The zero-order chi connectivity index (χ0) is 21.7. The van der Waals surface area contributed by atoms with E-state index in [1.54, 1.807) is 12.1 Å². The van der Waals surface area contributed by atoms with Gasteiger partial charge < -0.3 is 15.8 Å². The van der Waals surface area contributed by atoms with Crippen molar-refractivity contribution >= 4 is 23.4 Å². The first kappa shape index (κ1) is 22.8. The first-order valence-corrected chi connectivity index (χ1v) is 9.83. The molecule has 29 heavy (non-hydrogen) atoms. The first-order chi connectivity index (χ1) is 13.5. The van der Waals surface area contributed by atoms with Crippen LogP contribution in [-0.2, 0) is 25.5 Å². The number of imide groups is 1. The molecule has 1 aromatic carbocycles. The van der Waals surface area contributed by atoms with Crippen molar-refractivity contribution in [2.75, 3.05) is 18.1 Å². The highest BCUT2D eigenvalue weighted by Gasteiger charge is 2.30. The van der Waals surface area contributed by atoms with Crippen LogP contribution in [0.1, 0.15) is 46.1 Å². The van der Waals surface area contributed by atoms with E-state index < -0.39 is 5.54 Å². The number of amides is 3. The topological polar surface area (TPSA) is 102 Å². The predicted octanol–water partition coefficient (Wildman–Crippen LogP) is 2.09. The van der Waals surface area contributed by atoms with E-state index in [0.29, 0.717) is 38.1 Å². The summed E-state index contributed by atoms with van der Waals surface area (Å²) in [6, 6.07) is 7.10. The van der Waals surface area contributed by atoms with Gasteiger partial charge in [0.05, 0.1) is 17.9 Å². The number of rotatable bonds is 10. The number of aryl methyl sites for hydroxylation is 1. The quantitative estimate of drug-likeness (QED) is 0.585. The second kappa shape index (κ2) is 9.33. The maximum atomic E-state index is 12.4. The molecule has 158 valence electrons. The van der Waals surface area contributed by atoms with Gasteiger partial charge in [-0.25, -0.2) is 4.90 Å². The summed E-state index contributed by atoms with van der Waals surface area (Å²) in [4.78, 5) is 37.0. The van der Waals surface area contributed by atoms with Crippen LogP contribution in [0.5, 0.6) is 0 Å². The van der Waals surface area contributed by atoms with E-state index in [4.69, 9.17) is 10.5 Å². The Kier molecular flexibility index (Phi) is 7.32. The number of carbonyl (C=O) groups excluding carboxylic acids is 3. The van der Waals surface area contributed by atoms with E-state index in [1.807, 2.05) is 39.8 Å². The van der Waals surface area contributed by atoms with Gasteiger partial charge in [0.25, 0.3) is 11.8 Å². The maximum Gasteiger partial charge on any atom is 0.258 e. The fourth-order valence-corrected chi connectivity index (χ4v) is 3.66. The third kappa shape index (κ3) is 6.80. The molecule has 7 heteroatoms. The van der Waals surface area contributed by atoms with Gasteiger partial charge in [0.2, 0.25) is 5.91 Å². The predicted molar refractivity (Wildman–Crippen MR) is 112 cm³/mol. The Morgan fingerprint density at radius 1 is 1.07 bits per heavy atom. The molecule has 0 saturated carbocycles. The Morgan fingerprint density at radius 3 is 2.21 bits per heavy atom. The van der Waals surface area contributed by atoms with Crippen LogP contribution < -0.4 is 16.0 Å². The molecule has 2 rings (SSSR count). The molecule has 0 fully saturated rings. The van der Waals surface area contributed by atoms with Gasteiger partial charge >= 0.3 is 0 Å². The summed E-state index contributed by atoms with van der Waals surface area (Å²) in [6.45, 7) is 8.88. The van der Waals surface area contributed by atoms with Crippen molar-refractivity contribution in [3.05, 3.63) is 42.0 Å². The Bertz CT molecular complexity index is 764. The summed E-state index contributed by atoms with van der Waals surface area (Å²) in [5, 5.41) is 3.07. The number of ether oxygens (including phenoxy) is 1. The average Bonchev–Trinajstić information content (AvgIpc) is 2.96. The highest BCUT2D eigenvalue weighted by Crippen LogP contribution is 2.24. The number of anilines is 1. The summed E-state index contributed by atoms with van der Waals surface area (Å²) in [7, 11) is 0. The van der Waals surface area contributed by atoms with Crippen molar-refractivity contribution in [2.45, 2.75) is 58.1 Å². The lowest BCUT2D eigenvalue weighted by Crippen LogP contribution is -2.48. The SMILES string of the molecule is CC(C)(CC(C)(C)OCCN)NC(=O)CCc1ccc(N2C(=O)C=CC2=O)cc1. The Morgan fingerprint density at radius 2 is 1.66 bits per heavy atom. The molecule has 0 spiro atoms. The van der Waals surface area contributed by atoms with E-state index in [-0.39, 0.29) is 23.3 Å². The molecule has 3 N–H and O–H groups in total. The van der Waals surface area contributed by atoms with Gasteiger partial charge in [0, 0.05) is 30.7 Å². The average molecular weight is 402 g/mol. The third-order valence-corrected chi connectivity index (χ3v) is 4.60. The lowest BCUT2D eigenvalue weighted by molar-refractivity contribution is -0.124. The van der Waals surface area contributed by atoms with Crippen LogP contribution in [0.3, 0.4) is 0 Å². The fraction of sp³-hybridized carbons (Fsp3) is 0.500. The molecule has 1 heterocycles. The summed E-state index contributed by atoms with van der Waals surface area (Å²) in [5.74, 6) is -0.728. The number of nitrogens with zero attached hydrogens (tertiary/aromatic N) is 1. The molecule has 1 aromatic rings. The number of nitrogens with one attached hydrogen (secondary N) is 1. The minimum atomic E-state index is -0.414. The van der Waals surface area contributed by atoms with Crippen LogP contribution in [0, 0.1) is 0 Å². The summed E-state index contributed by atoms with van der Waals surface area (Å²) < 4.78 is 5.76. The molecule has 0 aromatic heterocycles. The van der Waals surface area contributed by atoms with Crippen molar-refractivity contribution in [1.82, 2.24) is 5.32 Å². The van der Waals surface area contributed by atoms with E-state index in [2.05, 4.69) is 5.32 Å². The summed E-state index contributed by atoms with van der Waals surface area (Å²) >= 11 is 0. The lowest BCUT2D eigenvalue weighted by Gasteiger charge is -2.35. The fourth-order valence-electron chi connectivity index (χ4n) is 3.66. The zero-order valence-corrected chi connectivity index (χ0v) is 17.7. The van der Waals surface area contributed by atoms with Crippen molar-refractivity contribution < 1.29 is 19.1 Å². The Hall–Kier alpha value is -2.51. The molecule has 1 aliphatic rings. The number of hydrogen-bond donors (Lipinski definition) is 2. The standard InChI is InChI=1S/C22H31N3O4/c1-21(2,15-22(3,4)29-14-13-23)24-18(26)10-7-16-5-8-17(9-6-16)25-19(27)11-12-20(25)28/h5-6,8-9,11-12H,7,10,13-15,23H2,1-4H3,(H,24,26). The van der Waals surface area contributed by atoms with Gasteiger partial charge in [0.15, 0.2) is 0 Å². The molecular formula is C22H31N3O4. The van der Waals surface area contributed by atoms with Gasteiger partial charge in [-0.3, -0.25) is 14.4 Å². The molecule has 3 amide bonds. The van der Waals surface area contributed by atoms with Crippen LogP contribution in [0.15, 0.2) is 36.4 Å². The van der Waals surface area contributed by atoms with Crippen LogP contribution >= 0.6 is 0 Å². The number of carbonyl (C=O) groups is 3. The van der Waals surface area contributed by atoms with Crippen LogP contribution in [0.25, 0.3) is 0 Å². The molecule has 1 aliphatic heterocycles. The van der Waals surface area contributed by atoms with Crippen molar-refractivity contribution in [3.8, 4) is 0 Å². The molecule has 0 radical (unpaired) electrons. The molecular weight excluding hydrogens is 370 g/mol. The molecule has 7 nitrogen and oxygen atoms in total. The normalized spacial score (nSPS) is 14.6. The van der Waals surface area contributed by atoms with E-state index in [9.17, 15) is 14.4 Å². The highest BCUT2D eigenvalue weighted by molar-refractivity contribution is 6.28. The Balaban J connectivity index is 1.85. The molecule has 0 bridgehead atoms. The highest BCUT2D eigenvalue weighted by atomic mass is 16.5. The van der Waals surface area contributed by atoms with E-state index >= 15 is 0 Å². The second-order valence-electron chi connectivity index (χ2n) is 8.52. The lowest BCUT2D eigenvalue weighted by atomic mass is 9.89. The summed E-state index contributed by atoms with van der Waals surface area (Å²) in [5.41, 5.74) is 6.19. The smallest absolute Gasteiger partial charge is 0.258 e. The zero-order valence-electron chi connectivity index (χ0n) is 17.7. The van der Waals surface area contributed by atoms with Gasteiger partial charge in [-0.2, -0.15) is 0 Å². The first-order valence-electron chi connectivity index (χ1n) is 9.83. The Labute approximate surface area is 172 Å². The number of nitrogens with two attached hydrogens (primary N) is 1. The van der Waals surface area contributed by atoms with Crippen LogP contribution in [-0.4, -0.2) is 42.0 Å². The summed E-state index contributed by atoms with van der Waals surface area (Å²) in [6.07, 6.45) is 4.08. The minimum absolute atomic E-state index is 0.0391. The largest absolute Gasteiger partial charge is 0.374 e. The van der Waals surface area contributed by atoms with Crippen molar-refractivity contribution in [3.63, 3.8) is 0 Å².